The number of anilines is 1. The van der Waals surface area contributed by atoms with Crippen molar-refractivity contribution in [2.45, 2.75) is 30.2 Å². The van der Waals surface area contributed by atoms with Gasteiger partial charge in [0.2, 0.25) is 0 Å². The van der Waals surface area contributed by atoms with E-state index in [1.165, 1.54) is 0 Å². The molecule has 0 spiro atoms. The minimum absolute atomic E-state index is 0.304. The van der Waals surface area contributed by atoms with Gasteiger partial charge in [-0.1, -0.05) is 0 Å². The molecule has 3 rings (SSSR count). The summed E-state index contributed by atoms with van der Waals surface area (Å²) in [7, 11) is 0. The Morgan fingerprint density at radius 2 is 2.22 bits per heavy atom. The van der Waals surface area contributed by atoms with E-state index in [-0.39, 0.29) is 6.10 Å². The second kappa shape index (κ2) is 6.10. The summed E-state index contributed by atoms with van der Waals surface area (Å²) in [4.78, 5) is 8.60. The zero-order valence-corrected chi connectivity index (χ0v) is 14.9. The number of fused-ring (bicyclic) bond motifs is 1. The van der Waals surface area contributed by atoms with Crippen molar-refractivity contribution in [1.29, 1.82) is 0 Å². The van der Waals surface area contributed by atoms with Crippen LogP contribution in [0.5, 0.6) is 0 Å². The van der Waals surface area contributed by atoms with Crippen LogP contribution in [0.3, 0.4) is 0 Å². The van der Waals surface area contributed by atoms with Crippen LogP contribution >= 0.6 is 18.5 Å². The molecule has 3 heterocycles. The van der Waals surface area contributed by atoms with E-state index in [0.717, 1.165) is 12.6 Å². The molecule has 23 heavy (non-hydrogen) atoms. The monoisotopic (exact) mass is 356 g/mol. The number of pyridine rings is 1. The number of nitrogens with two attached hydrogens (primary N) is 1. The number of nitrogens with zero attached hydrogens (tertiary/aromatic N) is 3. The smallest absolute Gasteiger partial charge is 0.164 e. The van der Waals surface area contributed by atoms with Crippen LogP contribution in [0.4, 0.5) is 5.69 Å². The minimum Gasteiger partial charge on any atom is -0.397 e. The maximum Gasteiger partial charge on any atom is 0.164 e. The lowest BCUT2D eigenvalue weighted by Gasteiger charge is -2.18. The number of imidazole rings is 1. The molecule has 1 aliphatic heterocycles. The molecule has 0 saturated carbocycles. The molecule has 6 nitrogen and oxygen atoms in total. The summed E-state index contributed by atoms with van der Waals surface area (Å²) in [5, 5.41) is 9.84. The Kier molecular flexibility index (Phi) is 4.45. The molecule has 0 unspecified atom stereocenters. The SMILES string of the molecule is C=P(C)(C)CC[C@H]1O[C@@H](n2cnc3c(N)ccnc32)[C@H](Cl)[C@@H]1O. The number of halogens is 1. The summed E-state index contributed by atoms with van der Waals surface area (Å²) in [5.74, 6) is 0. The summed E-state index contributed by atoms with van der Waals surface area (Å²) in [6.45, 7) is 3.16. The average Bonchev–Trinajstić information content (AvgIpc) is 3.01. The van der Waals surface area contributed by atoms with Crippen molar-refractivity contribution in [1.82, 2.24) is 14.5 Å². The van der Waals surface area contributed by atoms with E-state index in [0.29, 0.717) is 16.9 Å². The molecule has 0 amide bonds. The molecule has 1 fully saturated rings. The number of aromatic nitrogens is 3. The number of hydrogen-bond acceptors (Lipinski definition) is 5. The fraction of sp³-hybridized carbons (Fsp3) is 0.533. The zero-order valence-electron chi connectivity index (χ0n) is 13.3. The number of nitrogen functional groups attached to an aromatic ring is 1. The molecule has 0 radical (unpaired) electrons. The van der Waals surface area contributed by atoms with Crippen LogP contribution in [0.25, 0.3) is 11.2 Å². The Balaban J connectivity index is 1.85. The third-order valence-electron chi connectivity index (χ3n) is 4.08. The van der Waals surface area contributed by atoms with Gasteiger partial charge in [0.05, 0.1) is 18.1 Å². The van der Waals surface area contributed by atoms with Crippen molar-refractivity contribution in [3.05, 3.63) is 18.6 Å². The lowest BCUT2D eigenvalue weighted by molar-refractivity contribution is -0.0176. The van der Waals surface area contributed by atoms with Crippen molar-refractivity contribution in [3.63, 3.8) is 0 Å². The van der Waals surface area contributed by atoms with Gasteiger partial charge >= 0.3 is 0 Å². The molecular formula is C15H22ClN4O2P. The molecule has 3 N–H and O–H groups in total. The summed E-state index contributed by atoms with van der Waals surface area (Å²) < 4.78 is 7.77. The fourth-order valence-electron chi connectivity index (χ4n) is 2.78. The van der Waals surface area contributed by atoms with E-state index in [4.69, 9.17) is 22.1 Å². The second-order valence-electron chi connectivity index (χ2n) is 6.67. The van der Waals surface area contributed by atoms with Crippen molar-refractivity contribution in [2.75, 3.05) is 25.2 Å². The highest BCUT2D eigenvalue weighted by molar-refractivity contribution is 7.72. The van der Waals surface area contributed by atoms with Gasteiger partial charge in [-0.3, -0.25) is 4.57 Å². The van der Waals surface area contributed by atoms with Gasteiger partial charge in [-0.15, -0.1) is 24.8 Å². The van der Waals surface area contributed by atoms with E-state index in [2.05, 4.69) is 29.6 Å². The Morgan fingerprint density at radius 1 is 1.48 bits per heavy atom. The first-order chi connectivity index (χ1) is 10.8. The molecule has 2 aromatic rings. The van der Waals surface area contributed by atoms with E-state index in [1.807, 2.05) is 0 Å². The molecule has 8 heteroatoms. The number of alkyl halides is 1. The lowest BCUT2D eigenvalue weighted by atomic mass is 10.1. The molecule has 126 valence electrons. The lowest BCUT2D eigenvalue weighted by Crippen LogP contribution is -2.28. The zero-order chi connectivity index (χ0) is 16.8. The second-order valence-corrected chi connectivity index (χ2v) is 11.5. The first-order valence-electron chi connectivity index (χ1n) is 7.50. The van der Waals surface area contributed by atoms with Crippen LogP contribution in [0.2, 0.25) is 0 Å². The molecule has 1 saturated heterocycles. The van der Waals surface area contributed by atoms with Crippen LogP contribution in [-0.2, 0) is 4.74 Å². The highest BCUT2D eigenvalue weighted by Crippen LogP contribution is 2.41. The van der Waals surface area contributed by atoms with Gasteiger partial charge < -0.3 is 15.6 Å². The Hall–Kier alpha value is -1.07. The van der Waals surface area contributed by atoms with E-state index in [9.17, 15) is 5.11 Å². The van der Waals surface area contributed by atoms with E-state index >= 15 is 0 Å². The number of ether oxygens (including phenoxy) is 1. The van der Waals surface area contributed by atoms with Gasteiger partial charge in [0.15, 0.2) is 11.9 Å². The molecule has 4 atom stereocenters. The largest absolute Gasteiger partial charge is 0.397 e. The van der Waals surface area contributed by atoms with Crippen LogP contribution in [0.15, 0.2) is 18.6 Å². The fourth-order valence-corrected chi connectivity index (χ4v) is 4.08. The molecule has 2 aromatic heterocycles. The van der Waals surface area contributed by atoms with Gasteiger partial charge in [-0.2, -0.15) is 0 Å². The predicted molar refractivity (Wildman–Crippen MR) is 96.9 cm³/mol. The Labute approximate surface area is 140 Å². The number of aliphatic hydroxyl groups is 1. The number of rotatable bonds is 4. The van der Waals surface area contributed by atoms with Crippen LogP contribution in [-0.4, -0.2) is 63.0 Å². The quantitative estimate of drug-likeness (QED) is 0.646. The number of hydrogen-bond donors (Lipinski definition) is 2. The normalized spacial score (nSPS) is 28.5. The third kappa shape index (κ3) is 3.26. The summed E-state index contributed by atoms with van der Waals surface area (Å²) >= 11 is 6.42. The standard InChI is InChI=1S/C15H22ClN4O2P/c1-23(2,3)7-5-10-13(21)11(16)15(22-10)20-8-19-12-9(17)4-6-18-14(12)20/h4,6,8,10-11,13,15,21H,1,5,7H2,2-3H3,(H2,17,18)/t10-,11-,13-,15-/m1/s1. The maximum atomic E-state index is 10.4. The van der Waals surface area contributed by atoms with Crippen molar-refractivity contribution >= 4 is 41.6 Å². The van der Waals surface area contributed by atoms with Gasteiger partial charge in [0.1, 0.15) is 17.0 Å². The molecule has 0 aliphatic carbocycles. The van der Waals surface area contributed by atoms with Crippen LogP contribution < -0.4 is 5.73 Å². The molecule has 0 bridgehead atoms. The Morgan fingerprint density at radius 3 is 2.91 bits per heavy atom. The number of aliphatic hydroxyl groups excluding tert-OH is 1. The van der Waals surface area contributed by atoms with E-state index in [1.54, 1.807) is 23.2 Å². The maximum absolute atomic E-state index is 10.4. The summed E-state index contributed by atoms with van der Waals surface area (Å²) in [6, 6.07) is 1.70. The van der Waals surface area contributed by atoms with Gasteiger partial charge in [0.25, 0.3) is 0 Å². The van der Waals surface area contributed by atoms with Crippen molar-refractivity contribution < 1.29 is 9.84 Å². The van der Waals surface area contributed by atoms with Gasteiger partial charge in [0, 0.05) is 6.20 Å². The summed E-state index contributed by atoms with van der Waals surface area (Å²) in [6.07, 6.45) is 7.58. The average molecular weight is 357 g/mol. The third-order valence-corrected chi connectivity index (χ3v) is 6.02. The van der Waals surface area contributed by atoms with Crippen LogP contribution in [0.1, 0.15) is 12.6 Å². The van der Waals surface area contributed by atoms with Crippen molar-refractivity contribution in [3.8, 4) is 0 Å². The first-order valence-corrected chi connectivity index (χ1v) is 11.0. The van der Waals surface area contributed by atoms with Gasteiger partial charge in [-0.05, 0) is 32.0 Å². The topological polar surface area (TPSA) is 86.2 Å². The van der Waals surface area contributed by atoms with E-state index < -0.39 is 24.6 Å². The highest BCUT2D eigenvalue weighted by atomic mass is 35.5. The highest BCUT2D eigenvalue weighted by Gasteiger charge is 2.44. The van der Waals surface area contributed by atoms with Gasteiger partial charge in [-0.25, -0.2) is 9.97 Å². The Bertz CT molecular complexity index is 759. The minimum atomic E-state index is -1.17. The first kappa shape index (κ1) is 16.8. The molecule has 1 aliphatic rings. The molecular weight excluding hydrogens is 335 g/mol. The molecule has 0 aromatic carbocycles. The van der Waals surface area contributed by atoms with Crippen molar-refractivity contribution in [2.24, 2.45) is 0 Å². The summed E-state index contributed by atoms with van der Waals surface area (Å²) in [5.41, 5.74) is 7.69. The predicted octanol–water partition coefficient (Wildman–Crippen LogP) is 1.98. The van der Waals surface area contributed by atoms with Crippen LogP contribution in [0, 0.1) is 0 Å².